The average Bonchev–Trinajstić information content (AvgIpc) is 2.41. The number of rotatable bonds is 2. The van der Waals surface area contributed by atoms with Gasteiger partial charge in [0, 0.05) is 18.4 Å². The number of benzene rings is 2. The summed E-state index contributed by atoms with van der Waals surface area (Å²) in [6.45, 7) is 0. The summed E-state index contributed by atoms with van der Waals surface area (Å²) >= 11 is 0. The average molecular weight is 258 g/mol. The highest BCUT2D eigenvalue weighted by molar-refractivity contribution is 5.37. The number of ether oxygens (including phenoxy) is 1. The van der Waals surface area contributed by atoms with Crippen LogP contribution >= 0.6 is 0 Å². The molecule has 98 valence electrons. The first-order valence-corrected chi connectivity index (χ1v) is 6.40. The van der Waals surface area contributed by atoms with Gasteiger partial charge in [-0.05, 0) is 23.8 Å². The Bertz CT molecular complexity index is 568. The smallest absolute Gasteiger partial charge is 0.125 e. The lowest BCUT2D eigenvalue weighted by molar-refractivity contribution is 0.0659. The van der Waals surface area contributed by atoms with E-state index in [1.165, 1.54) is 17.7 Å². The number of hydrogen-bond acceptors (Lipinski definition) is 2. The molecule has 0 bridgehead atoms. The van der Waals surface area contributed by atoms with E-state index in [9.17, 15) is 9.50 Å². The van der Waals surface area contributed by atoms with Crippen molar-refractivity contribution in [2.45, 2.75) is 25.0 Å². The summed E-state index contributed by atoms with van der Waals surface area (Å²) in [4.78, 5) is 0. The SMILES string of the molecule is O[C@@H]1CC(Cc2ccccc2)Oc2ccc(F)cc21. The molecule has 0 fully saturated rings. The van der Waals surface area contributed by atoms with Gasteiger partial charge in [-0.25, -0.2) is 4.39 Å². The van der Waals surface area contributed by atoms with E-state index < -0.39 is 6.10 Å². The molecular formula is C16H15FO2. The lowest BCUT2D eigenvalue weighted by Crippen LogP contribution is -2.27. The monoisotopic (exact) mass is 258 g/mol. The van der Waals surface area contributed by atoms with Crippen LogP contribution in [0.15, 0.2) is 48.5 Å². The van der Waals surface area contributed by atoms with Crippen molar-refractivity contribution in [1.29, 1.82) is 0 Å². The number of aliphatic hydroxyl groups excluding tert-OH is 1. The largest absolute Gasteiger partial charge is 0.490 e. The fourth-order valence-electron chi connectivity index (χ4n) is 2.49. The minimum atomic E-state index is -0.659. The molecule has 0 saturated heterocycles. The maximum atomic E-state index is 13.1. The van der Waals surface area contributed by atoms with Crippen LogP contribution in [-0.4, -0.2) is 11.2 Å². The van der Waals surface area contributed by atoms with Gasteiger partial charge in [-0.15, -0.1) is 0 Å². The molecule has 0 radical (unpaired) electrons. The third kappa shape index (κ3) is 2.61. The summed E-state index contributed by atoms with van der Waals surface area (Å²) in [5.74, 6) is 0.240. The first-order chi connectivity index (χ1) is 9.22. The van der Waals surface area contributed by atoms with Crippen LogP contribution in [0.2, 0.25) is 0 Å². The van der Waals surface area contributed by atoms with E-state index in [1.807, 2.05) is 30.3 Å². The van der Waals surface area contributed by atoms with Crippen molar-refractivity contribution < 1.29 is 14.2 Å². The molecular weight excluding hydrogens is 243 g/mol. The Kier molecular flexibility index (Phi) is 3.22. The molecule has 0 saturated carbocycles. The van der Waals surface area contributed by atoms with Gasteiger partial charge in [-0.3, -0.25) is 0 Å². The molecule has 0 aliphatic carbocycles. The van der Waals surface area contributed by atoms with E-state index in [0.717, 1.165) is 6.42 Å². The van der Waals surface area contributed by atoms with Crippen molar-refractivity contribution in [2.24, 2.45) is 0 Å². The summed E-state index contributed by atoms with van der Waals surface area (Å²) in [6, 6.07) is 14.3. The van der Waals surface area contributed by atoms with Gasteiger partial charge in [0.2, 0.25) is 0 Å². The Labute approximate surface area is 111 Å². The Hall–Kier alpha value is -1.87. The zero-order chi connectivity index (χ0) is 13.2. The molecule has 2 nitrogen and oxygen atoms in total. The van der Waals surface area contributed by atoms with Gasteiger partial charge in [0.25, 0.3) is 0 Å². The molecule has 2 atom stereocenters. The predicted octanol–water partition coefficient (Wildman–Crippen LogP) is 3.25. The molecule has 0 spiro atoms. The van der Waals surface area contributed by atoms with Crippen molar-refractivity contribution in [2.75, 3.05) is 0 Å². The third-order valence-electron chi connectivity index (χ3n) is 3.42. The van der Waals surface area contributed by atoms with Gasteiger partial charge in [-0.1, -0.05) is 30.3 Å². The van der Waals surface area contributed by atoms with Crippen LogP contribution in [0.5, 0.6) is 5.75 Å². The van der Waals surface area contributed by atoms with Crippen LogP contribution in [0.25, 0.3) is 0 Å². The standard InChI is InChI=1S/C16H15FO2/c17-12-6-7-16-14(9-12)15(18)10-13(19-16)8-11-4-2-1-3-5-11/h1-7,9,13,15,18H,8,10H2/t13?,15-/m1/s1. The second-order valence-corrected chi connectivity index (χ2v) is 4.86. The zero-order valence-corrected chi connectivity index (χ0v) is 10.4. The molecule has 3 rings (SSSR count). The third-order valence-corrected chi connectivity index (χ3v) is 3.42. The summed E-state index contributed by atoms with van der Waals surface area (Å²) in [5.41, 5.74) is 1.72. The lowest BCUT2D eigenvalue weighted by atomic mass is 9.95. The van der Waals surface area contributed by atoms with Crippen LogP contribution in [-0.2, 0) is 6.42 Å². The Morgan fingerprint density at radius 3 is 2.74 bits per heavy atom. The lowest BCUT2D eigenvalue weighted by Gasteiger charge is -2.29. The van der Waals surface area contributed by atoms with Crippen LogP contribution in [0.4, 0.5) is 4.39 Å². The van der Waals surface area contributed by atoms with Crippen LogP contribution in [0.1, 0.15) is 23.7 Å². The summed E-state index contributed by atoms with van der Waals surface area (Å²) in [6.07, 6.45) is 0.503. The first-order valence-electron chi connectivity index (χ1n) is 6.40. The molecule has 1 unspecified atom stereocenters. The Morgan fingerprint density at radius 1 is 1.16 bits per heavy atom. The molecule has 2 aromatic carbocycles. The highest BCUT2D eigenvalue weighted by Crippen LogP contribution is 2.35. The number of aliphatic hydroxyl groups is 1. The molecule has 1 N–H and O–H groups in total. The van der Waals surface area contributed by atoms with Crippen molar-refractivity contribution in [3.8, 4) is 5.75 Å². The topological polar surface area (TPSA) is 29.5 Å². The maximum absolute atomic E-state index is 13.1. The van der Waals surface area contributed by atoms with E-state index in [-0.39, 0.29) is 11.9 Å². The molecule has 3 heteroatoms. The zero-order valence-electron chi connectivity index (χ0n) is 10.4. The maximum Gasteiger partial charge on any atom is 0.125 e. The molecule has 0 amide bonds. The van der Waals surface area contributed by atoms with Crippen molar-refractivity contribution in [3.63, 3.8) is 0 Å². The number of fused-ring (bicyclic) bond motifs is 1. The number of halogens is 1. The van der Waals surface area contributed by atoms with E-state index in [1.54, 1.807) is 6.07 Å². The van der Waals surface area contributed by atoms with Crippen molar-refractivity contribution in [3.05, 3.63) is 65.5 Å². The van der Waals surface area contributed by atoms with Gasteiger partial charge in [0.15, 0.2) is 0 Å². The Balaban J connectivity index is 1.80. The normalized spacial score (nSPS) is 21.6. The Morgan fingerprint density at radius 2 is 1.95 bits per heavy atom. The second kappa shape index (κ2) is 5.02. The summed E-state index contributed by atoms with van der Waals surface area (Å²) in [5, 5.41) is 10.1. The molecule has 1 heterocycles. The molecule has 1 aliphatic heterocycles. The fourth-order valence-corrected chi connectivity index (χ4v) is 2.49. The van der Waals surface area contributed by atoms with Crippen LogP contribution in [0.3, 0.4) is 0 Å². The van der Waals surface area contributed by atoms with Crippen LogP contribution < -0.4 is 4.74 Å². The fraction of sp³-hybridized carbons (Fsp3) is 0.250. The van der Waals surface area contributed by atoms with E-state index in [0.29, 0.717) is 17.7 Å². The van der Waals surface area contributed by atoms with Crippen molar-refractivity contribution in [1.82, 2.24) is 0 Å². The van der Waals surface area contributed by atoms with Crippen molar-refractivity contribution >= 4 is 0 Å². The second-order valence-electron chi connectivity index (χ2n) is 4.86. The highest BCUT2D eigenvalue weighted by atomic mass is 19.1. The predicted molar refractivity (Wildman–Crippen MR) is 70.5 cm³/mol. The van der Waals surface area contributed by atoms with Gasteiger partial charge >= 0.3 is 0 Å². The molecule has 1 aliphatic rings. The minimum absolute atomic E-state index is 0.0737. The van der Waals surface area contributed by atoms with Crippen LogP contribution in [0, 0.1) is 5.82 Å². The van der Waals surface area contributed by atoms with Gasteiger partial charge < -0.3 is 9.84 Å². The molecule has 19 heavy (non-hydrogen) atoms. The van der Waals surface area contributed by atoms with Gasteiger partial charge in [0.05, 0.1) is 6.10 Å². The van der Waals surface area contributed by atoms with E-state index >= 15 is 0 Å². The van der Waals surface area contributed by atoms with E-state index in [4.69, 9.17) is 4.74 Å². The molecule has 0 aromatic heterocycles. The van der Waals surface area contributed by atoms with Gasteiger partial charge in [-0.2, -0.15) is 0 Å². The number of hydrogen-bond donors (Lipinski definition) is 1. The quantitative estimate of drug-likeness (QED) is 0.896. The first kappa shape index (κ1) is 12.2. The summed E-state index contributed by atoms with van der Waals surface area (Å²) in [7, 11) is 0. The van der Waals surface area contributed by atoms with Gasteiger partial charge in [0.1, 0.15) is 17.7 Å². The minimum Gasteiger partial charge on any atom is -0.490 e. The van der Waals surface area contributed by atoms with E-state index in [2.05, 4.69) is 0 Å². The molecule has 2 aromatic rings. The summed E-state index contributed by atoms with van der Waals surface area (Å²) < 4.78 is 19.0. The highest BCUT2D eigenvalue weighted by Gasteiger charge is 2.27.